The molecular weight excluding hydrogens is 908 g/mol. The number of hydrogen-bond donors (Lipinski definition) is 2. The van der Waals surface area contributed by atoms with Crippen LogP contribution in [0, 0.1) is 11.3 Å². The van der Waals surface area contributed by atoms with Crippen LogP contribution in [0.5, 0.6) is 11.5 Å². The Morgan fingerprint density at radius 2 is 1.46 bits per heavy atom. The first kappa shape index (κ1) is 51.9. The second kappa shape index (κ2) is 22.4. The Bertz CT molecular complexity index is 2600. The summed E-state index contributed by atoms with van der Waals surface area (Å²) in [6, 6.07) is 36.3. The Balaban J connectivity index is 1.29. The summed E-state index contributed by atoms with van der Waals surface area (Å²) in [5, 5.41) is 15.6. The first-order valence-electron chi connectivity index (χ1n) is 23.7. The van der Waals surface area contributed by atoms with Gasteiger partial charge in [-0.1, -0.05) is 87.5 Å². The fourth-order valence-electron chi connectivity index (χ4n) is 9.44. The molecule has 370 valence electrons. The van der Waals surface area contributed by atoms with E-state index >= 15 is 0 Å². The minimum Gasteiger partial charge on any atom is -0.497 e. The number of methoxy groups -OCH3 is 2. The number of carbonyl (C=O) groups excluding carboxylic acids is 2. The van der Waals surface area contributed by atoms with Crippen molar-refractivity contribution in [3.8, 4) is 17.6 Å². The highest BCUT2D eigenvalue weighted by molar-refractivity contribution is 7.44. The number of amides is 2. The molecule has 70 heavy (non-hydrogen) atoms. The van der Waals surface area contributed by atoms with Crippen LogP contribution in [0.4, 0.5) is 5.82 Å². The highest BCUT2D eigenvalue weighted by Gasteiger charge is 2.63. The van der Waals surface area contributed by atoms with E-state index in [0.29, 0.717) is 23.5 Å². The van der Waals surface area contributed by atoms with Crippen molar-refractivity contribution < 1.29 is 37.6 Å². The molecule has 0 spiro atoms. The first-order valence-corrected chi connectivity index (χ1v) is 24.9. The number of aromatic nitrogens is 2. The highest BCUT2D eigenvalue weighted by Crippen LogP contribution is 2.55. The summed E-state index contributed by atoms with van der Waals surface area (Å²) in [5.74, 6) is 0.462. The van der Waals surface area contributed by atoms with E-state index in [-0.39, 0.29) is 49.4 Å². The van der Waals surface area contributed by atoms with Gasteiger partial charge in [0.15, 0.2) is 0 Å². The molecule has 1 saturated carbocycles. The van der Waals surface area contributed by atoms with Crippen molar-refractivity contribution in [2.75, 3.05) is 32.8 Å². The maximum atomic E-state index is 14.8. The lowest BCUT2D eigenvalue weighted by molar-refractivity contribution is -0.141. The molecule has 1 unspecified atom stereocenters. The quantitative estimate of drug-likeness (QED) is 0.0431. The van der Waals surface area contributed by atoms with E-state index in [1.807, 2.05) is 91.0 Å². The third-order valence-corrected chi connectivity index (χ3v) is 15.0. The number of anilines is 1. The molecule has 1 saturated heterocycles. The van der Waals surface area contributed by atoms with Gasteiger partial charge in [0.05, 0.1) is 51.1 Å². The molecule has 2 fully saturated rings. The van der Waals surface area contributed by atoms with Crippen molar-refractivity contribution in [1.82, 2.24) is 19.5 Å². The van der Waals surface area contributed by atoms with Gasteiger partial charge in [-0.3, -0.25) is 14.2 Å². The number of carbonyl (C=O) groups is 2. The molecule has 5 aromatic rings. The number of nitrogens with one attached hydrogen (secondary N) is 2. The third kappa shape index (κ3) is 11.3. The molecule has 1 aromatic heterocycles. The lowest BCUT2D eigenvalue weighted by Gasteiger charge is -2.48. The lowest BCUT2D eigenvalue weighted by atomic mass is 9.78. The van der Waals surface area contributed by atoms with Gasteiger partial charge in [-0.25, -0.2) is 9.46 Å². The molecule has 2 bridgehead atoms. The number of nitrogens with zero attached hydrogens (tertiary/aromatic N) is 4. The maximum absolute atomic E-state index is 14.8. The molecule has 7 rings (SSSR count). The van der Waals surface area contributed by atoms with Gasteiger partial charge in [0.1, 0.15) is 35.6 Å². The Hall–Kier alpha value is -5.98. The monoisotopic (exact) mass is 972 g/mol. The minimum absolute atomic E-state index is 0.00929. The lowest BCUT2D eigenvalue weighted by Crippen LogP contribution is -2.65. The van der Waals surface area contributed by atoms with E-state index in [2.05, 4.69) is 74.8 Å². The Kier molecular flexibility index (Phi) is 16.6. The van der Waals surface area contributed by atoms with Gasteiger partial charge >= 0.3 is 5.69 Å². The third-order valence-electron chi connectivity index (χ3n) is 12.9. The maximum Gasteiger partial charge on any atom is 0.349 e. The van der Waals surface area contributed by atoms with Crippen LogP contribution in [0.25, 0.3) is 0 Å². The van der Waals surface area contributed by atoms with E-state index in [4.69, 9.17) is 28.0 Å². The molecule has 2 heterocycles. The van der Waals surface area contributed by atoms with Crippen LogP contribution in [0.3, 0.4) is 0 Å². The number of nitriles is 1. The zero-order chi connectivity index (χ0) is 50.2. The van der Waals surface area contributed by atoms with Gasteiger partial charge in [0.2, 0.25) is 5.91 Å². The summed E-state index contributed by atoms with van der Waals surface area (Å²) in [6.07, 6.45) is 0.0316. The fraction of sp³-hybridized carbons (Fsp3) is 0.426. The molecule has 2 amide bonds. The van der Waals surface area contributed by atoms with Crippen molar-refractivity contribution in [1.29, 1.82) is 5.26 Å². The Morgan fingerprint density at radius 3 is 2.00 bits per heavy atom. The molecule has 16 heteroatoms. The van der Waals surface area contributed by atoms with E-state index < -0.39 is 62.0 Å². The normalized spacial score (nSPS) is 19.4. The van der Waals surface area contributed by atoms with Crippen molar-refractivity contribution >= 4 is 26.2 Å². The fourth-order valence-corrected chi connectivity index (χ4v) is 11.3. The predicted octanol–water partition coefficient (Wildman–Crippen LogP) is 8.90. The standard InChI is InChI=1S/C54H65N6O9P/c1-36(2)60(37(3)4)70(67-32-13-30-55)69-49-45-34-46(68-54(40-14-11-10-12-15-40,41-20-24-43(64-8)25-21-41)42-22-26-44(65-9)27-23-42)53(49,29-33-66-45)58-48(61)35-59-31-28-47(57-51(59)63)56-50(62)38-16-18-39(19-17-38)52(5,6)7/h10-12,14-28,31,36-37,45-46,49H,13,29,32-35H2,1-9H3,(H,58,61)(H,56,57,62,63)/t45-,46+,49+,53-,70?/m0/s1. The topological polar surface area (TPSA) is 175 Å². The van der Waals surface area contributed by atoms with Crippen molar-refractivity contribution in [2.24, 2.45) is 0 Å². The van der Waals surface area contributed by atoms with Gasteiger partial charge in [0.25, 0.3) is 14.4 Å². The number of rotatable bonds is 20. The summed E-state index contributed by atoms with van der Waals surface area (Å²) in [6.45, 7) is 14.5. The predicted molar refractivity (Wildman–Crippen MR) is 269 cm³/mol. The second-order valence-electron chi connectivity index (χ2n) is 19.2. The average Bonchev–Trinajstić information content (AvgIpc) is 3.47. The van der Waals surface area contributed by atoms with Crippen LogP contribution < -0.4 is 25.8 Å². The number of benzene rings is 4. The highest BCUT2D eigenvalue weighted by atomic mass is 31.2. The average molecular weight is 973 g/mol. The van der Waals surface area contributed by atoms with Crippen molar-refractivity contribution in [3.63, 3.8) is 0 Å². The van der Waals surface area contributed by atoms with Gasteiger partial charge < -0.3 is 38.6 Å². The van der Waals surface area contributed by atoms with Gasteiger partial charge in [-0.2, -0.15) is 10.2 Å². The largest absolute Gasteiger partial charge is 0.497 e. The van der Waals surface area contributed by atoms with Crippen LogP contribution >= 0.6 is 8.53 Å². The van der Waals surface area contributed by atoms with Gasteiger partial charge in [-0.05, 0) is 104 Å². The molecule has 15 nitrogen and oxygen atoms in total. The molecule has 2 N–H and O–H groups in total. The number of ether oxygens (including phenoxy) is 4. The van der Waals surface area contributed by atoms with E-state index in [9.17, 15) is 19.6 Å². The van der Waals surface area contributed by atoms with Gasteiger partial charge in [-0.15, -0.1) is 0 Å². The van der Waals surface area contributed by atoms with Gasteiger partial charge in [0, 0.05) is 36.9 Å². The van der Waals surface area contributed by atoms with E-state index in [1.165, 1.54) is 16.8 Å². The molecular formula is C54H65N6O9P. The van der Waals surface area contributed by atoms with Crippen molar-refractivity contribution in [2.45, 2.75) is 121 Å². The summed E-state index contributed by atoms with van der Waals surface area (Å²) in [7, 11) is 1.41. The SMILES string of the molecule is COc1ccc(C(O[C@@H]2C[C@@H]3OCC[C@@]2(NC(=O)Cn2ccc(NC(=O)c4ccc(C(C)(C)C)cc4)nc2=O)[C@@H]3OP(OCCC#N)N(C(C)C)C(C)C)(c2ccccc2)c2ccc(OC)cc2)cc1. The Labute approximate surface area is 412 Å². The molecule has 1 aliphatic heterocycles. The minimum atomic E-state index is -1.82. The van der Waals surface area contributed by atoms with Crippen molar-refractivity contribution in [3.05, 3.63) is 154 Å². The molecule has 5 atom stereocenters. The summed E-state index contributed by atoms with van der Waals surface area (Å²) in [4.78, 5) is 45.8. The number of hydrogen-bond acceptors (Lipinski definition) is 12. The van der Waals surface area contributed by atoms with Crippen LogP contribution in [0.1, 0.15) is 100 Å². The first-order chi connectivity index (χ1) is 33.5. The second-order valence-corrected chi connectivity index (χ2v) is 20.6. The molecule has 1 aliphatic carbocycles. The van der Waals surface area contributed by atoms with Crippen LogP contribution in [0.2, 0.25) is 0 Å². The smallest absolute Gasteiger partial charge is 0.349 e. The molecule has 4 aromatic carbocycles. The van der Waals surface area contributed by atoms with E-state index in [1.54, 1.807) is 26.4 Å². The van der Waals surface area contributed by atoms with Crippen LogP contribution in [-0.4, -0.2) is 89.4 Å². The zero-order valence-corrected chi connectivity index (χ0v) is 42.4. The summed E-state index contributed by atoms with van der Waals surface area (Å²) >= 11 is 0. The Morgan fingerprint density at radius 1 is 0.871 bits per heavy atom. The number of fused-ring (bicyclic) bond motifs is 2. The molecule has 2 aliphatic rings. The van der Waals surface area contributed by atoms with E-state index in [0.717, 1.165) is 22.3 Å². The molecule has 0 radical (unpaired) electrons. The van der Waals surface area contributed by atoms with Crippen LogP contribution in [-0.2, 0) is 40.9 Å². The summed E-state index contributed by atoms with van der Waals surface area (Å²) < 4.78 is 42.6. The van der Waals surface area contributed by atoms with Crippen LogP contribution in [0.15, 0.2) is 120 Å². The summed E-state index contributed by atoms with van der Waals surface area (Å²) in [5.41, 5.74) is 0.557. The zero-order valence-electron chi connectivity index (χ0n) is 41.5.